The van der Waals surface area contributed by atoms with Gasteiger partial charge >= 0.3 is 17.9 Å². The highest BCUT2D eigenvalue weighted by Gasteiger charge is 2.19. The van der Waals surface area contributed by atoms with Crippen molar-refractivity contribution in [2.45, 2.75) is 386 Å². The van der Waals surface area contributed by atoms with Gasteiger partial charge in [0.15, 0.2) is 6.10 Å². The van der Waals surface area contributed by atoms with Gasteiger partial charge in [0.05, 0.1) is 0 Å². The molecule has 0 aliphatic heterocycles. The number of carbonyl (C=O) groups is 3. The number of ether oxygens (including phenoxy) is 3. The fourth-order valence-electron chi connectivity index (χ4n) is 10.3. The van der Waals surface area contributed by atoms with E-state index in [-0.39, 0.29) is 31.1 Å². The average molecular weight is 1030 g/mol. The first kappa shape index (κ1) is 71.2. The lowest BCUT2D eigenvalue weighted by molar-refractivity contribution is -0.167. The summed E-state index contributed by atoms with van der Waals surface area (Å²) in [5.74, 6) is -0.843. The predicted octanol–water partition coefficient (Wildman–Crippen LogP) is 22.4. The topological polar surface area (TPSA) is 78.9 Å². The first-order valence-corrected chi connectivity index (χ1v) is 33.2. The van der Waals surface area contributed by atoms with E-state index >= 15 is 0 Å². The molecule has 1 atom stereocenters. The third-order valence-electron chi connectivity index (χ3n) is 15.3. The number of hydrogen-bond donors (Lipinski definition) is 0. The van der Waals surface area contributed by atoms with Crippen LogP contribution in [0.3, 0.4) is 0 Å². The van der Waals surface area contributed by atoms with Gasteiger partial charge in [0.25, 0.3) is 0 Å². The molecular weight excluding hydrogens is 901 g/mol. The zero-order valence-electron chi connectivity index (χ0n) is 49.7. The summed E-state index contributed by atoms with van der Waals surface area (Å²) in [6, 6.07) is 0. The highest BCUT2D eigenvalue weighted by Crippen LogP contribution is 2.18. The molecule has 0 aliphatic rings. The molecule has 0 bridgehead atoms. The van der Waals surface area contributed by atoms with Crippen LogP contribution in [-0.2, 0) is 28.6 Å². The SMILES string of the molecule is CCCCCCCC/C=C\CCCCCCCCCC(=O)OC(COC(=O)CCCCCCCCCCCC)COC(=O)CCCCCCCCCCCCCCCCCCCCCCCCCCCCCC. The van der Waals surface area contributed by atoms with Crippen molar-refractivity contribution in [3.8, 4) is 0 Å². The Hall–Kier alpha value is -1.85. The number of unbranched alkanes of at least 4 members (excludes halogenated alkanes) is 49. The maximum Gasteiger partial charge on any atom is 0.306 e. The summed E-state index contributed by atoms with van der Waals surface area (Å²) in [6.07, 6.45) is 73.9. The molecule has 0 fully saturated rings. The maximum atomic E-state index is 12.9. The first-order valence-electron chi connectivity index (χ1n) is 33.2. The Labute approximate surface area is 456 Å². The monoisotopic (exact) mass is 1030 g/mol. The van der Waals surface area contributed by atoms with Gasteiger partial charge < -0.3 is 14.2 Å². The number of esters is 3. The molecule has 0 rings (SSSR count). The van der Waals surface area contributed by atoms with Crippen LogP contribution >= 0.6 is 0 Å². The Kier molecular flexibility index (Phi) is 61.1. The Balaban J connectivity index is 4.10. The largest absolute Gasteiger partial charge is 0.462 e. The van der Waals surface area contributed by atoms with Gasteiger partial charge in [0.2, 0.25) is 0 Å². The summed E-state index contributed by atoms with van der Waals surface area (Å²) >= 11 is 0. The normalized spacial score (nSPS) is 12.0. The van der Waals surface area contributed by atoms with Gasteiger partial charge in [-0.05, 0) is 44.9 Å². The lowest BCUT2D eigenvalue weighted by Gasteiger charge is -2.18. The van der Waals surface area contributed by atoms with E-state index in [9.17, 15) is 14.4 Å². The lowest BCUT2D eigenvalue weighted by Crippen LogP contribution is -2.30. The lowest BCUT2D eigenvalue weighted by atomic mass is 10.0. The quantitative estimate of drug-likeness (QED) is 0.0261. The minimum atomic E-state index is -0.767. The zero-order valence-corrected chi connectivity index (χ0v) is 49.7. The van der Waals surface area contributed by atoms with Crippen LogP contribution in [0.1, 0.15) is 380 Å². The van der Waals surface area contributed by atoms with E-state index in [1.807, 2.05) is 0 Å². The van der Waals surface area contributed by atoms with Crippen molar-refractivity contribution in [1.82, 2.24) is 0 Å². The molecule has 1 unspecified atom stereocenters. The van der Waals surface area contributed by atoms with E-state index in [4.69, 9.17) is 14.2 Å². The number of hydrogen-bond acceptors (Lipinski definition) is 6. The molecule has 0 saturated carbocycles. The van der Waals surface area contributed by atoms with Crippen LogP contribution < -0.4 is 0 Å². The molecular formula is C67H128O6. The van der Waals surface area contributed by atoms with Gasteiger partial charge in [-0.2, -0.15) is 0 Å². The molecule has 432 valence electrons. The Morgan fingerprint density at radius 1 is 0.260 bits per heavy atom. The summed E-state index contributed by atoms with van der Waals surface area (Å²) in [5, 5.41) is 0. The second-order valence-corrected chi connectivity index (χ2v) is 22.7. The molecule has 0 aliphatic carbocycles. The molecule has 6 nitrogen and oxygen atoms in total. The van der Waals surface area contributed by atoms with Crippen LogP contribution in [0.15, 0.2) is 12.2 Å². The summed E-state index contributed by atoms with van der Waals surface area (Å²) in [4.78, 5) is 38.2. The highest BCUT2D eigenvalue weighted by atomic mass is 16.6. The van der Waals surface area contributed by atoms with Crippen molar-refractivity contribution >= 4 is 17.9 Å². The van der Waals surface area contributed by atoms with Crippen LogP contribution in [0.5, 0.6) is 0 Å². The fraction of sp³-hybridized carbons (Fsp3) is 0.925. The number of rotatable bonds is 62. The fourth-order valence-corrected chi connectivity index (χ4v) is 10.3. The molecule has 0 amide bonds. The van der Waals surface area contributed by atoms with Crippen LogP contribution in [0.4, 0.5) is 0 Å². The van der Waals surface area contributed by atoms with Crippen LogP contribution in [0.25, 0.3) is 0 Å². The molecule has 0 radical (unpaired) electrons. The van der Waals surface area contributed by atoms with E-state index in [1.54, 1.807) is 0 Å². The van der Waals surface area contributed by atoms with E-state index in [2.05, 4.69) is 32.9 Å². The predicted molar refractivity (Wildman–Crippen MR) is 317 cm³/mol. The van der Waals surface area contributed by atoms with Crippen molar-refractivity contribution in [3.05, 3.63) is 12.2 Å². The van der Waals surface area contributed by atoms with E-state index < -0.39 is 6.10 Å². The van der Waals surface area contributed by atoms with Gasteiger partial charge in [-0.15, -0.1) is 0 Å². The summed E-state index contributed by atoms with van der Waals surface area (Å²) in [7, 11) is 0. The third-order valence-corrected chi connectivity index (χ3v) is 15.3. The van der Waals surface area contributed by atoms with Crippen LogP contribution in [0, 0.1) is 0 Å². The maximum absolute atomic E-state index is 12.9. The van der Waals surface area contributed by atoms with Crippen molar-refractivity contribution in [3.63, 3.8) is 0 Å². The smallest absolute Gasteiger partial charge is 0.306 e. The van der Waals surface area contributed by atoms with Gasteiger partial charge in [0.1, 0.15) is 13.2 Å². The van der Waals surface area contributed by atoms with Crippen molar-refractivity contribution in [1.29, 1.82) is 0 Å². The third kappa shape index (κ3) is 60.9. The van der Waals surface area contributed by atoms with Gasteiger partial charge in [-0.1, -0.05) is 328 Å². The molecule has 6 heteroatoms. The summed E-state index contributed by atoms with van der Waals surface area (Å²) in [5.41, 5.74) is 0. The molecule has 0 heterocycles. The molecule has 0 aromatic carbocycles. The molecule has 0 N–H and O–H groups in total. The minimum absolute atomic E-state index is 0.0656. The average Bonchev–Trinajstić information content (AvgIpc) is 3.39. The number of carbonyl (C=O) groups excluding carboxylic acids is 3. The molecule has 0 saturated heterocycles. The Bertz CT molecular complexity index is 1130. The molecule has 0 aromatic heterocycles. The summed E-state index contributed by atoms with van der Waals surface area (Å²) in [6.45, 7) is 6.69. The van der Waals surface area contributed by atoms with Gasteiger partial charge in [0, 0.05) is 19.3 Å². The van der Waals surface area contributed by atoms with E-state index in [0.29, 0.717) is 19.3 Å². The zero-order chi connectivity index (χ0) is 52.9. The van der Waals surface area contributed by atoms with Crippen molar-refractivity contribution in [2.24, 2.45) is 0 Å². The highest BCUT2D eigenvalue weighted by molar-refractivity contribution is 5.71. The van der Waals surface area contributed by atoms with Crippen LogP contribution in [-0.4, -0.2) is 37.2 Å². The second-order valence-electron chi connectivity index (χ2n) is 22.7. The van der Waals surface area contributed by atoms with Gasteiger partial charge in [-0.25, -0.2) is 0 Å². The van der Waals surface area contributed by atoms with Crippen molar-refractivity contribution < 1.29 is 28.6 Å². The standard InChI is InChI=1S/C67H128O6/c1-4-7-10-13-16-19-22-24-26-28-29-30-31-32-33-34-35-36-37-38-40-41-43-45-48-51-54-57-60-66(69)72-63-64(62-71-65(68)59-56-53-50-47-21-18-15-12-9-6-3)73-67(70)61-58-55-52-49-46-44-42-39-27-25-23-20-17-14-11-8-5-2/h25,27,64H,4-24,26,28-63H2,1-3H3/b27-25-. The second kappa shape index (κ2) is 62.7. The number of allylic oxidation sites excluding steroid dienone is 2. The van der Waals surface area contributed by atoms with E-state index in [1.165, 1.54) is 283 Å². The summed E-state index contributed by atoms with van der Waals surface area (Å²) < 4.78 is 16.9. The van der Waals surface area contributed by atoms with Crippen molar-refractivity contribution in [2.75, 3.05) is 13.2 Å². The minimum Gasteiger partial charge on any atom is -0.462 e. The Morgan fingerprint density at radius 2 is 0.452 bits per heavy atom. The Morgan fingerprint density at radius 3 is 0.685 bits per heavy atom. The molecule has 73 heavy (non-hydrogen) atoms. The van der Waals surface area contributed by atoms with E-state index in [0.717, 1.165) is 57.8 Å². The molecule has 0 aromatic rings. The van der Waals surface area contributed by atoms with Crippen LogP contribution in [0.2, 0.25) is 0 Å². The first-order chi connectivity index (χ1) is 36.0. The molecule has 0 spiro atoms. The van der Waals surface area contributed by atoms with Gasteiger partial charge in [-0.3, -0.25) is 14.4 Å².